The molecule has 1 aliphatic rings. The summed E-state index contributed by atoms with van der Waals surface area (Å²) >= 11 is 0. The maximum absolute atomic E-state index is 12.9. The van der Waals surface area contributed by atoms with E-state index in [2.05, 4.69) is 5.32 Å². The molecule has 104 valence electrons. The number of nitrogens with one attached hydrogen (secondary N) is 1. The van der Waals surface area contributed by atoms with E-state index in [1.807, 2.05) is 0 Å². The standard InChI is InChI=1S/C13H17FN2O2S/c1-19(18)8-2-7-16-12(17)9-15-13(16)10-3-5-11(14)6-4-10/h3-6,13,15H,2,7-9H2,1H3. The van der Waals surface area contributed by atoms with Crippen LogP contribution in [0.4, 0.5) is 4.39 Å². The Morgan fingerprint density at radius 3 is 2.74 bits per heavy atom. The van der Waals surface area contributed by atoms with Crippen LogP contribution >= 0.6 is 0 Å². The zero-order valence-corrected chi connectivity index (χ0v) is 11.6. The maximum atomic E-state index is 12.9. The van der Waals surface area contributed by atoms with Crippen LogP contribution in [-0.2, 0) is 15.6 Å². The van der Waals surface area contributed by atoms with E-state index < -0.39 is 10.8 Å². The molecule has 0 aliphatic carbocycles. The van der Waals surface area contributed by atoms with Gasteiger partial charge in [-0.1, -0.05) is 12.1 Å². The number of rotatable bonds is 5. The minimum Gasteiger partial charge on any atom is -0.322 e. The summed E-state index contributed by atoms with van der Waals surface area (Å²) in [6.45, 7) is 0.852. The summed E-state index contributed by atoms with van der Waals surface area (Å²) in [4.78, 5) is 13.5. The number of nitrogens with zero attached hydrogens (tertiary/aromatic N) is 1. The van der Waals surface area contributed by atoms with Crippen molar-refractivity contribution in [3.8, 4) is 0 Å². The molecule has 0 bridgehead atoms. The van der Waals surface area contributed by atoms with Crippen molar-refractivity contribution in [1.82, 2.24) is 10.2 Å². The fourth-order valence-corrected chi connectivity index (χ4v) is 2.71. The molecule has 1 aliphatic heterocycles. The van der Waals surface area contributed by atoms with Gasteiger partial charge in [0, 0.05) is 29.4 Å². The molecule has 1 aromatic carbocycles. The fourth-order valence-electron chi connectivity index (χ4n) is 2.17. The highest BCUT2D eigenvalue weighted by Gasteiger charge is 2.30. The van der Waals surface area contributed by atoms with E-state index in [0.29, 0.717) is 18.7 Å². The van der Waals surface area contributed by atoms with Gasteiger partial charge in [0.05, 0.1) is 6.54 Å². The number of carbonyl (C=O) groups excluding carboxylic acids is 1. The van der Waals surface area contributed by atoms with Crippen LogP contribution in [0, 0.1) is 5.82 Å². The van der Waals surface area contributed by atoms with Gasteiger partial charge >= 0.3 is 0 Å². The Morgan fingerprint density at radius 1 is 1.42 bits per heavy atom. The first-order valence-corrected chi connectivity index (χ1v) is 7.89. The molecule has 1 fully saturated rings. The van der Waals surface area contributed by atoms with Crippen molar-refractivity contribution in [2.75, 3.05) is 25.1 Å². The first kappa shape index (κ1) is 14.1. The average Bonchev–Trinajstić information content (AvgIpc) is 2.72. The lowest BCUT2D eigenvalue weighted by molar-refractivity contribution is -0.128. The van der Waals surface area contributed by atoms with Crippen molar-refractivity contribution in [3.05, 3.63) is 35.6 Å². The minimum atomic E-state index is -0.844. The van der Waals surface area contributed by atoms with Gasteiger partial charge in [-0.2, -0.15) is 0 Å². The number of hydrogen-bond acceptors (Lipinski definition) is 3. The number of hydrogen-bond donors (Lipinski definition) is 1. The third-order valence-electron chi connectivity index (χ3n) is 3.10. The molecule has 1 aromatic rings. The van der Waals surface area contributed by atoms with Gasteiger partial charge in [-0.25, -0.2) is 4.39 Å². The molecule has 0 spiro atoms. The molecule has 2 rings (SSSR count). The molecule has 19 heavy (non-hydrogen) atoms. The number of carbonyl (C=O) groups is 1. The summed E-state index contributed by atoms with van der Waals surface area (Å²) in [6.07, 6.45) is 2.15. The Balaban J connectivity index is 2.04. The van der Waals surface area contributed by atoms with Crippen LogP contribution < -0.4 is 5.32 Å². The van der Waals surface area contributed by atoms with E-state index in [9.17, 15) is 13.4 Å². The molecular weight excluding hydrogens is 267 g/mol. The van der Waals surface area contributed by atoms with Crippen molar-refractivity contribution >= 4 is 16.7 Å². The van der Waals surface area contributed by atoms with Crippen LogP contribution in [0.1, 0.15) is 18.2 Å². The summed E-state index contributed by atoms with van der Waals surface area (Å²) in [6, 6.07) is 6.13. The Morgan fingerprint density at radius 2 is 2.11 bits per heavy atom. The summed E-state index contributed by atoms with van der Waals surface area (Å²) in [5.74, 6) is 0.317. The second-order valence-corrected chi connectivity index (χ2v) is 6.11. The average molecular weight is 284 g/mol. The molecule has 1 saturated heterocycles. The van der Waals surface area contributed by atoms with E-state index in [4.69, 9.17) is 0 Å². The first-order chi connectivity index (χ1) is 9.08. The van der Waals surface area contributed by atoms with Gasteiger partial charge in [0.1, 0.15) is 12.0 Å². The predicted octanol–water partition coefficient (Wildman–Crippen LogP) is 1.02. The van der Waals surface area contributed by atoms with Gasteiger partial charge < -0.3 is 4.90 Å². The minimum absolute atomic E-state index is 0.0243. The van der Waals surface area contributed by atoms with Gasteiger partial charge in [0.15, 0.2) is 0 Å². The van der Waals surface area contributed by atoms with Gasteiger partial charge in [0.2, 0.25) is 5.91 Å². The highest BCUT2D eigenvalue weighted by atomic mass is 32.2. The van der Waals surface area contributed by atoms with Crippen molar-refractivity contribution in [1.29, 1.82) is 0 Å². The monoisotopic (exact) mass is 284 g/mol. The van der Waals surface area contributed by atoms with E-state index >= 15 is 0 Å². The summed E-state index contributed by atoms with van der Waals surface area (Å²) in [7, 11) is -0.844. The third-order valence-corrected chi connectivity index (χ3v) is 3.96. The van der Waals surface area contributed by atoms with Crippen LogP contribution in [0.25, 0.3) is 0 Å². The van der Waals surface area contributed by atoms with Gasteiger partial charge in [-0.05, 0) is 24.1 Å². The lowest BCUT2D eigenvalue weighted by Crippen LogP contribution is -2.31. The molecule has 6 heteroatoms. The summed E-state index contributed by atoms with van der Waals surface area (Å²) in [5, 5.41) is 3.11. The van der Waals surface area contributed by atoms with Crippen molar-refractivity contribution in [2.24, 2.45) is 0 Å². The molecule has 2 atom stereocenters. The van der Waals surface area contributed by atoms with Crippen LogP contribution in [0.5, 0.6) is 0 Å². The fraction of sp³-hybridized carbons (Fsp3) is 0.462. The Hall–Kier alpha value is -1.27. The van der Waals surface area contributed by atoms with E-state index in [1.165, 1.54) is 12.1 Å². The van der Waals surface area contributed by atoms with Gasteiger partial charge in [-0.3, -0.25) is 14.3 Å². The second kappa shape index (κ2) is 6.25. The Kier molecular flexibility index (Phi) is 4.66. The summed E-state index contributed by atoms with van der Waals surface area (Å²) < 4.78 is 23.9. The molecule has 0 aromatic heterocycles. The van der Waals surface area contributed by atoms with E-state index in [-0.39, 0.29) is 24.4 Å². The third kappa shape index (κ3) is 3.61. The normalized spacial score (nSPS) is 20.8. The lowest BCUT2D eigenvalue weighted by atomic mass is 10.1. The molecule has 0 radical (unpaired) electrons. The van der Waals surface area contributed by atoms with Gasteiger partial charge in [-0.15, -0.1) is 0 Å². The van der Waals surface area contributed by atoms with Gasteiger partial charge in [0.25, 0.3) is 0 Å². The van der Waals surface area contributed by atoms with E-state index in [0.717, 1.165) is 5.56 Å². The SMILES string of the molecule is CS(=O)CCCN1C(=O)CNC1c1ccc(F)cc1. The van der Waals surface area contributed by atoms with Crippen LogP contribution in [0.2, 0.25) is 0 Å². The molecule has 0 saturated carbocycles. The number of amides is 1. The van der Waals surface area contributed by atoms with Crippen LogP contribution in [0.3, 0.4) is 0 Å². The van der Waals surface area contributed by atoms with Crippen molar-refractivity contribution in [3.63, 3.8) is 0 Å². The zero-order chi connectivity index (χ0) is 13.8. The highest BCUT2D eigenvalue weighted by molar-refractivity contribution is 7.84. The van der Waals surface area contributed by atoms with Crippen LogP contribution in [0.15, 0.2) is 24.3 Å². The smallest absolute Gasteiger partial charge is 0.238 e. The number of halogens is 1. The molecule has 2 unspecified atom stereocenters. The lowest BCUT2D eigenvalue weighted by Gasteiger charge is -2.24. The Bertz CT molecular complexity index is 478. The molecule has 4 nitrogen and oxygen atoms in total. The second-order valence-electron chi connectivity index (χ2n) is 4.55. The molecular formula is C13H17FN2O2S. The maximum Gasteiger partial charge on any atom is 0.238 e. The molecule has 1 heterocycles. The first-order valence-electron chi connectivity index (χ1n) is 6.16. The van der Waals surface area contributed by atoms with Crippen molar-refractivity contribution in [2.45, 2.75) is 12.6 Å². The largest absolute Gasteiger partial charge is 0.322 e. The van der Waals surface area contributed by atoms with Crippen LogP contribution in [-0.4, -0.2) is 40.1 Å². The Labute approximate surface area is 114 Å². The molecule has 1 N–H and O–H groups in total. The summed E-state index contributed by atoms with van der Waals surface area (Å²) in [5.41, 5.74) is 0.866. The van der Waals surface area contributed by atoms with Crippen molar-refractivity contribution < 1.29 is 13.4 Å². The van der Waals surface area contributed by atoms with E-state index in [1.54, 1.807) is 23.3 Å². The predicted molar refractivity (Wildman–Crippen MR) is 72.4 cm³/mol. The zero-order valence-electron chi connectivity index (χ0n) is 10.8. The topological polar surface area (TPSA) is 49.4 Å². The molecule has 1 amide bonds. The quantitative estimate of drug-likeness (QED) is 0.878. The number of benzene rings is 1. The highest BCUT2D eigenvalue weighted by Crippen LogP contribution is 2.22.